The molecule has 0 saturated carbocycles. The van der Waals surface area contributed by atoms with Crippen molar-refractivity contribution >= 4 is 45.3 Å². The second-order valence-electron chi connectivity index (χ2n) is 11.0. The fraction of sp³-hybridized carbons (Fsp3) is 0.135. The van der Waals surface area contributed by atoms with Crippen molar-refractivity contribution in [1.82, 2.24) is 49.9 Å². The molecule has 0 aliphatic carbocycles. The number of hydrogen-bond donors (Lipinski definition) is 0. The highest BCUT2D eigenvalue weighted by Gasteiger charge is 2.19. The van der Waals surface area contributed by atoms with Gasteiger partial charge in [0.2, 0.25) is 0 Å². The maximum absolute atomic E-state index is 4.58. The molecule has 4 aromatic carbocycles. The Hall–Kier alpha value is -6.56. The molecule has 244 valence electrons. The van der Waals surface area contributed by atoms with Gasteiger partial charge in [-0.2, -0.15) is 9.36 Å². The number of fused-ring (bicyclic) bond motifs is 2. The van der Waals surface area contributed by atoms with E-state index in [0.29, 0.717) is 34.0 Å². The summed E-state index contributed by atoms with van der Waals surface area (Å²) >= 11 is 0. The highest BCUT2D eigenvalue weighted by atomic mass is 15.5. The minimum atomic E-state index is 0. The Morgan fingerprint density at radius 3 is 1.12 bits per heavy atom. The van der Waals surface area contributed by atoms with Crippen LogP contribution in [-0.2, 0) is 0 Å². The zero-order chi connectivity index (χ0) is 33.0. The molecule has 12 nitrogen and oxygen atoms in total. The Balaban J connectivity index is 0.000000167. The van der Waals surface area contributed by atoms with Crippen LogP contribution >= 0.6 is 0 Å². The summed E-state index contributed by atoms with van der Waals surface area (Å²) in [4.78, 5) is 22.3. The molecule has 8 rings (SSSR count). The van der Waals surface area contributed by atoms with E-state index in [9.17, 15) is 0 Å². The summed E-state index contributed by atoms with van der Waals surface area (Å²) in [6, 6.07) is 39.8. The van der Waals surface area contributed by atoms with Crippen LogP contribution in [0.4, 0.5) is 23.0 Å². The summed E-state index contributed by atoms with van der Waals surface area (Å²) < 4.78 is 3.48. The first-order valence-electron chi connectivity index (χ1n) is 15.4. The van der Waals surface area contributed by atoms with Gasteiger partial charge in [-0.1, -0.05) is 90.6 Å². The molecule has 0 unspecified atom stereocenters. The summed E-state index contributed by atoms with van der Waals surface area (Å²) in [5.41, 5.74) is 6.67. The minimum Gasteiger partial charge on any atom is -0.327 e. The first kappa shape index (κ1) is 32.4. The second kappa shape index (κ2) is 14.1. The number of anilines is 4. The number of benzene rings is 4. The number of nitrogens with zero attached hydrogens (tertiary/aromatic N) is 12. The van der Waals surface area contributed by atoms with E-state index in [-0.39, 0.29) is 7.43 Å². The molecule has 0 saturated heterocycles. The highest BCUT2D eigenvalue weighted by molar-refractivity contribution is 5.87. The Morgan fingerprint density at radius 1 is 0.449 bits per heavy atom. The van der Waals surface area contributed by atoms with Crippen LogP contribution < -0.4 is 9.80 Å². The van der Waals surface area contributed by atoms with E-state index in [1.807, 2.05) is 159 Å². The second-order valence-corrected chi connectivity index (χ2v) is 11.0. The average Bonchev–Trinajstić information content (AvgIpc) is 3.77. The third kappa shape index (κ3) is 6.52. The number of rotatable bonds is 6. The van der Waals surface area contributed by atoms with E-state index in [2.05, 4.69) is 40.6 Å². The van der Waals surface area contributed by atoms with Gasteiger partial charge in [0.05, 0.1) is 11.4 Å². The van der Waals surface area contributed by atoms with E-state index in [1.54, 1.807) is 9.36 Å². The molecule has 0 bridgehead atoms. The van der Waals surface area contributed by atoms with Gasteiger partial charge in [-0.05, 0) is 62.4 Å². The molecule has 0 N–H and O–H groups in total. The Bertz CT molecular complexity index is 2120. The number of aryl methyl sites for hydroxylation is 2. The van der Waals surface area contributed by atoms with Gasteiger partial charge in [0.25, 0.3) is 0 Å². The van der Waals surface area contributed by atoms with Gasteiger partial charge in [0, 0.05) is 25.5 Å². The molecular weight excluding hydrogens is 612 g/mol. The third-order valence-electron chi connectivity index (χ3n) is 7.71. The summed E-state index contributed by atoms with van der Waals surface area (Å²) in [6.45, 7) is 3.76. The Labute approximate surface area is 284 Å². The molecule has 0 fully saturated rings. The Kier molecular flexibility index (Phi) is 9.29. The van der Waals surface area contributed by atoms with Crippen LogP contribution in [0.1, 0.15) is 19.1 Å². The minimum absolute atomic E-state index is 0. The van der Waals surface area contributed by atoms with Crippen LogP contribution in [0, 0.1) is 13.8 Å². The third-order valence-corrected chi connectivity index (χ3v) is 7.71. The zero-order valence-electron chi connectivity index (χ0n) is 26.9. The van der Waals surface area contributed by atoms with E-state index in [4.69, 9.17) is 0 Å². The van der Waals surface area contributed by atoms with Crippen molar-refractivity contribution in [2.45, 2.75) is 21.3 Å². The quantitative estimate of drug-likeness (QED) is 0.183. The number of para-hydroxylation sites is 4. The van der Waals surface area contributed by atoms with Crippen LogP contribution in [0.2, 0.25) is 0 Å². The Morgan fingerprint density at radius 2 is 0.776 bits per heavy atom. The summed E-state index contributed by atoms with van der Waals surface area (Å²) in [5, 5.41) is 17.2. The fourth-order valence-electron chi connectivity index (χ4n) is 5.31. The predicted molar refractivity (Wildman–Crippen MR) is 194 cm³/mol. The van der Waals surface area contributed by atoms with Crippen LogP contribution in [0.3, 0.4) is 0 Å². The van der Waals surface area contributed by atoms with Crippen LogP contribution in [0.25, 0.3) is 33.7 Å². The van der Waals surface area contributed by atoms with Crippen LogP contribution in [0.15, 0.2) is 121 Å². The van der Waals surface area contributed by atoms with Gasteiger partial charge in [0.1, 0.15) is 11.6 Å². The molecule has 12 heteroatoms. The van der Waals surface area contributed by atoms with Crippen molar-refractivity contribution in [2.24, 2.45) is 0 Å². The molecule has 0 amide bonds. The standard InChI is InChI=1S/2C18H16N6.CH4/c2*1-13-19-17(23(2)14-9-5-3-6-10-14)16-18(20-13)24(22-21-16)15-11-7-4-8-12-15;/h2*3-12H,1-2H3;1H4. The normalized spacial score (nSPS) is 10.7. The first-order valence-corrected chi connectivity index (χ1v) is 15.4. The van der Waals surface area contributed by atoms with Crippen LogP contribution in [0.5, 0.6) is 0 Å². The first-order chi connectivity index (χ1) is 23.5. The van der Waals surface area contributed by atoms with Gasteiger partial charge in [0.15, 0.2) is 34.0 Å². The molecule has 0 spiro atoms. The lowest BCUT2D eigenvalue weighted by atomic mass is 10.3. The zero-order valence-corrected chi connectivity index (χ0v) is 26.9. The van der Waals surface area contributed by atoms with Crippen molar-refractivity contribution in [2.75, 3.05) is 23.9 Å². The van der Waals surface area contributed by atoms with E-state index < -0.39 is 0 Å². The van der Waals surface area contributed by atoms with Gasteiger partial charge in [-0.25, -0.2) is 19.9 Å². The predicted octanol–water partition coefficient (Wildman–Crippen LogP) is 7.21. The summed E-state index contributed by atoms with van der Waals surface area (Å²) in [5.74, 6) is 2.84. The van der Waals surface area contributed by atoms with Gasteiger partial charge >= 0.3 is 0 Å². The lowest BCUT2D eigenvalue weighted by Crippen LogP contribution is -2.13. The number of aromatic nitrogens is 10. The molecule has 49 heavy (non-hydrogen) atoms. The average molecular weight is 649 g/mol. The van der Waals surface area contributed by atoms with E-state index in [1.165, 1.54) is 0 Å². The maximum Gasteiger partial charge on any atom is 0.189 e. The van der Waals surface area contributed by atoms with Crippen molar-refractivity contribution < 1.29 is 0 Å². The fourth-order valence-corrected chi connectivity index (χ4v) is 5.31. The van der Waals surface area contributed by atoms with Crippen molar-refractivity contribution in [3.63, 3.8) is 0 Å². The van der Waals surface area contributed by atoms with Crippen molar-refractivity contribution in [1.29, 1.82) is 0 Å². The van der Waals surface area contributed by atoms with Gasteiger partial charge < -0.3 is 9.80 Å². The molecule has 4 heterocycles. The topological polar surface area (TPSA) is 119 Å². The largest absolute Gasteiger partial charge is 0.327 e. The molecule has 0 aliphatic heterocycles. The molecule has 4 aromatic heterocycles. The molecule has 0 atom stereocenters. The van der Waals surface area contributed by atoms with Crippen LogP contribution in [-0.4, -0.2) is 64.0 Å². The lowest BCUT2D eigenvalue weighted by molar-refractivity contribution is 0.816. The molecular formula is C37H36N12. The lowest BCUT2D eigenvalue weighted by Gasteiger charge is -2.18. The van der Waals surface area contributed by atoms with E-state index >= 15 is 0 Å². The van der Waals surface area contributed by atoms with Crippen molar-refractivity contribution in [3.05, 3.63) is 133 Å². The molecule has 0 aliphatic rings. The smallest absolute Gasteiger partial charge is 0.189 e. The summed E-state index contributed by atoms with van der Waals surface area (Å²) in [6.07, 6.45) is 0. The summed E-state index contributed by atoms with van der Waals surface area (Å²) in [7, 11) is 3.94. The molecule has 8 aromatic rings. The number of hydrogen-bond acceptors (Lipinski definition) is 10. The molecule has 0 radical (unpaired) electrons. The van der Waals surface area contributed by atoms with Crippen molar-refractivity contribution in [3.8, 4) is 11.4 Å². The maximum atomic E-state index is 4.58. The highest BCUT2D eigenvalue weighted by Crippen LogP contribution is 2.29. The SMILES string of the molecule is C.Cc1nc(N(C)c2ccccc2)c2nnn(-c3ccccc3)c2n1.Cc1nc(N(C)c2ccccc2)c2nnn(-c3ccccc3)c2n1. The monoisotopic (exact) mass is 648 g/mol. The van der Waals surface area contributed by atoms with Gasteiger partial charge in [-0.15, -0.1) is 10.2 Å². The van der Waals surface area contributed by atoms with Gasteiger partial charge in [-0.3, -0.25) is 0 Å². The van der Waals surface area contributed by atoms with E-state index in [0.717, 1.165) is 34.4 Å².